The molecule has 2 heterocycles. The van der Waals surface area contributed by atoms with Gasteiger partial charge in [0.15, 0.2) is 0 Å². The van der Waals surface area contributed by atoms with E-state index in [4.69, 9.17) is 0 Å². The molecule has 6 heteroatoms. The molecule has 2 unspecified atom stereocenters. The monoisotopic (exact) mass is 419 g/mol. The third-order valence-electron chi connectivity index (χ3n) is 7.17. The minimum Gasteiger partial charge on any atom is -0.353 e. The summed E-state index contributed by atoms with van der Waals surface area (Å²) >= 11 is 0. The van der Waals surface area contributed by atoms with Crippen LogP contribution in [0.5, 0.6) is 0 Å². The Hall–Kier alpha value is -1.59. The Labute approximate surface area is 180 Å². The van der Waals surface area contributed by atoms with Crippen molar-refractivity contribution in [3.63, 3.8) is 0 Å². The number of nitrogens with zero attached hydrogens (tertiary/aromatic N) is 1. The van der Waals surface area contributed by atoms with Crippen LogP contribution in [0, 0.1) is 11.3 Å². The number of amides is 2. The van der Waals surface area contributed by atoms with Crippen molar-refractivity contribution in [2.45, 2.75) is 57.4 Å². The van der Waals surface area contributed by atoms with E-state index in [0.29, 0.717) is 0 Å². The zero-order valence-electron chi connectivity index (χ0n) is 17.4. The van der Waals surface area contributed by atoms with Crippen LogP contribution >= 0.6 is 12.4 Å². The Balaban J connectivity index is 0.00000240. The number of hydrogen-bond donors (Lipinski definition) is 2. The molecule has 1 aromatic carbocycles. The van der Waals surface area contributed by atoms with E-state index in [1.54, 1.807) is 0 Å². The highest BCUT2D eigenvalue weighted by Crippen LogP contribution is 2.58. The molecule has 0 aromatic heterocycles. The topological polar surface area (TPSA) is 61.4 Å². The first-order valence-electron chi connectivity index (χ1n) is 11.0. The molecule has 1 aliphatic carbocycles. The van der Waals surface area contributed by atoms with Gasteiger partial charge in [-0.05, 0) is 62.6 Å². The number of carbonyl (C=O) groups is 2. The average molecular weight is 420 g/mol. The summed E-state index contributed by atoms with van der Waals surface area (Å²) in [7, 11) is 0. The highest BCUT2D eigenvalue weighted by atomic mass is 35.5. The second-order valence-electron chi connectivity index (χ2n) is 8.85. The Kier molecular flexibility index (Phi) is 7.23. The Morgan fingerprint density at radius 3 is 2.45 bits per heavy atom. The van der Waals surface area contributed by atoms with Crippen LogP contribution in [0.3, 0.4) is 0 Å². The quantitative estimate of drug-likeness (QED) is 0.770. The van der Waals surface area contributed by atoms with Crippen molar-refractivity contribution >= 4 is 24.2 Å². The number of piperidine rings is 2. The third kappa shape index (κ3) is 4.77. The summed E-state index contributed by atoms with van der Waals surface area (Å²) in [4.78, 5) is 27.7. The first-order chi connectivity index (χ1) is 13.6. The van der Waals surface area contributed by atoms with Crippen LogP contribution in [0.1, 0.15) is 56.9 Å². The lowest BCUT2D eigenvalue weighted by atomic mass is 9.91. The fourth-order valence-corrected chi connectivity index (χ4v) is 5.20. The third-order valence-corrected chi connectivity index (χ3v) is 7.17. The van der Waals surface area contributed by atoms with Crippen molar-refractivity contribution in [1.82, 2.24) is 15.5 Å². The van der Waals surface area contributed by atoms with Crippen LogP contribution in [-0.2, 0) is 9.59 Å². The summed E-state index contributed by atoms with van der Waals surface area (Å²) < 4.78 is 0. The van der Waals surface area contributed by atoms with Crippen LogP contribution in [0.15, 0.2) is 30.3 Å². The van der Waals surface area contributed by atoms with Gasteiger partial charge < -0.3 is 15.5 Å². The summed E-state index contributed by atoms with van der Waals surface area (Å²) in [5.41, 5.74) is 1.39. The normalized spacial score (nSPS) is 24.4. The molecule has 1 aromatic rings. The van der Waals surface area contributed by atoms with Crippen molar-refractivity contribution in [2.24, 2.45) is 11.3 Å². The number of halogens is 1. The van der Waals surface area contributed by atoms with Crippen LogP contribution in [0.4, 0.5) is 0 Å². The van der Waals surface area contributed by atoms with Crippen LogP contribution in [-0.4, -0.2) is 48.9 Å². The summed E-state index contributed by atoms with van der Waals surface area (Å²) in [6.07, 6.45) is 5.88. The van der Waals surface area contributed by atoms with Crippen LogP contribution < -0.4 is 10.6 Å². The van der Waals surface area contributed by atoms with Crippen LogP contribution in [0.25, 0.3) is 0 Å². The van der Waals surface area contributed by atoms with Crippen LogP contribution in [0.2, 0.25) is 0 Å². The smallest absolute Gasteiger partial charge is 0.230 e. The minimum absolute atomic E-state index is 0. The van der Waals surface area contributed by atoms with E-state index < -0.39 is 0 Å². The molecule has 2 saturated heterocycles. The number of rotatable bonds is 5. The van der Waals surface area contributed by atoms with E-state index in [2.05, 4.69) is 17.6 Å². The molecule has 1 spiro atoms. The van der Waals surface area contributed by atoms with Gasteiger partial charge in [-0.25, -0.2) is 0 Å². The van der Waals surface area contributed by atoms with E-state index in [9.17, 15) is 9.59 Å². The van der Waals surface area contributed by atoms with Gasteiger partial charge in [-0.2, -0.15) is 0 Å². The van der Waals surface area contributed by atoms with Crippen molar-refractivity contribution in [2.75, 3.05) is 26.2 Å². The molecule has 4 rings (SSSR count). The molecule has 2 amide bonds. The lowest BCUT2D eigenvalue weighted by Gasteiger charge is -2.34. The molecule has 29 heavy (non-hydrogen) atoms. The van der Waals surface area contributed by atoms with Gasteiger partial charge in [0.05, 0.1) is 5.92 Å². The minimum atomic E-state index is -0.0569. The Bertz CT molecular complexity index is 697. The number of hydrogen-bond acceptors (Lipinski definition) is 3. The molecule has 1 saturated carbocycles. The van der Waals surface area contributed by atoms with E-state index in [-0.39, 0.29) is 47.5 Å². The van der Waals surface area contributed by atoms with Crippen molar-refractivity contribution < 1.29 is 9.59 Å². The maximum Gasteiger partial charge on any atom is 0.230 e. The number of nitrogens with one attached hydrogen (secondary N) is 2. The zero-order chi connectivity index (χ0) is 19.6. The van der Waals surface area contributed by atoms with Gasteiger partial charge in [0.2, 0.25) is 11.8 Å². The summed E-state index contributed by atoms with van der Waals surface area (Å²) in [5, 5.41) is 6.68. The van der Waals surface area contributed by atoms with Gasteiger partial charge in [-0.1, -0.05) is 37.3 Å². The van der Waals surface area contributed by atoms with Gasteiger partial charge >= 0.3 is 0 Å². The Morgan fingerprint density at radius 2 is 1.83 bits per heavy atom. The van der Waals surface area contributed by atoms with Gasteiger partial charge in [-0.3, -0.25) is 9.59 Å². The van der Waals surface area contributed by atoms with Crippen molar-refractivity contribution in [3.8, 4) is 0 Å². The largest absolute Gasteiger partial charge is 0.353 e. The van der Waals surface area contributed by atoms with Gasteiger partial charge in [0.25, 0.3) is 0 Å². The van der Waals surface area contributed by atoms with Gasteiger partial charge in [-0.15, -0.1) is 12.4 Å². The highest BCUT2D eigenvalue weighted by Gasteiger charge is 2.57. The van der Waals surface area contributed by atoms with E-state index >= 15 is 0 Å². The SMILES string of the molecule is CCC(C(=O)N1CCC(NC(=O)C2CC23CCNCC3)CC1)c1ccccc1.Cl. The van der Waals surface area contributed by atoms with E-state index in [1.807, 2.05) is 35.2 Å². The highest BCUT2D eigenvalue weighted by molar-refractivity contribution is 5.85. The van der Waals surface area contributed by atoms with E-state index in [1.165, 1.54) is 0 Å². The number of carbonyl (C=O) groups excluding carboxylic acids is 2. The van der Waals surface area contributed by atoms with E-state index in [0.717, 1.165) is 70.3 Å². The fraction of sp³-hybridized carbons (Fsp3) is 0.652. The number of likely N-dealkylation sites (tertiary alicyclic amines) is 1. The standard InChI is InChI=1S/C23H33N3O2.ClH/c1-2-19(17-6-4-3-5-7-17)22(28)26-14-8-18(9-15-26)25-21(27)20-16-23(20)10-12-24-13-11-23;/h3-7,18-20,24H,2,8-16H2,1H3,(H,25,27);1H. The second kappa shape index (κ2) is 9.48. The molecular formula is C23H34ClN3O2. The molecule has 0 radical (unpaired) electrons. The molecule has 3 aliphatic rings. The average Bonchev–Trinajstić information content (AvgIpc) is 3.43. The molecule has 2 atom stereocenters. The fourth-order valence-electron chi connectivity index (χ4n) is 5.20. The summed E-state index contributed by atoms with van der Waals surface area (Å²) in [6.45, 7) is 5.66. The van der Waals surface area contributed by atoms with Crippen molar-refractivity contribution in [3.05, 3.63) is 35.9 Å². The Morgan fingerprint density at radius 1 is 1.17 bits per heavy atom. The molecule has 0 bridgehead atoms. The van der Waals surface area contributed by atoms with Gasteiger partial charge in [0.1, 0.15) is 0 Å². The van der Waals surface area contributed by atoms with Gasteiger partial charge in [0, 0.05) is 25.0 Å². The lowest BCUT2D eigenvalue weighted by Crippen LogP contribution is -2.48. The number of benzene rings is 1. The second-order valence-corrected chi connectivity index (χ2v) is 8.85. The first kappa shape index (κ1) is 22.1. The zero-order valence-corrected chi connectivity index (χ0v) is 18.2. The molecule has 5 nitrogen and oxygen atoms in total. The predicted molar refractivity (Wildman–Crippen MR) is 117 cm³/mol. The molecule has 3 fully saturated rings. The molecule has 2 aliphatic heterocycles. The lowest BCUT2D eigenvalue weighted by molar-refractivity contribution is -0.134. The molecule has 2 N–H and O–H groups in total. The molecule has 160 valence electrons. The first-order valence-corrected chi connectivity index (χ1v) is 11.0. The van der Waals surface area contributed by atoms with Crippen molar-refractivity contribution in [1.29, 1.82) is 0 Å². The predicted octanol–water partition coefficient (Wildman–Crippen LogP) is 3.10. The molecular weight excluding hydrogens is 386 g/mol. The maximum atomic E-state index is 13.0. The summed E-state index contributed by atoms with van der Waals surface area (Å²) in [6, 6.07) is 10.3. The summed E-state index contributed by atoms with van der Waals surface area (Å²) in [5.74, 6) is 0.645. The maximum absolute atomic E-state index is 13.0.